The molecule has 13 heteroatoms. The predicted molar refractivity (Wildman–Crippen MR) is 195 cm³/mol. The molecule has 0 saturated carbocycles. The number of thiazole rings is 1. The Morgan fingerprint density at radius 3 is 2.42 bits per heavy atom. The molecule has 0 aliphatic rings. The second-order valence-corrected chi connectivity index (χ2v) is 13.5. The summed E-state index contributed by atoms with van der Waals surface area (Å²) in [6, 6.07) is 24.5. The number of amides is 3. The highest BCUT2D eigenvalue weighted by Crippen LogP contribution is 2.34. The zero-order valence-electron chi connectivity index (χ0n) is 25.1. The van der Waals surface area contributed by atoms with Crippen molar-refractivity contribution >= 4 is 92.5 Å². The fourth-order valence-electron chi connectivity index (χ4n) is 4.41. The van der Waals surface area contributed by atoms with E-state index in [1.807, 2.05) is 13.0 Å². The Bertz CT molecular complexity index is 1990. The third-order valence-electron chi connectivity index (χ3n) is 6.79. The van der Waals surface area contributed by atoms with Crippen molar-refractivity contribution in [1.29, 1.82) is 0 Å². The molecule has 0 saturated heterocycles. The average Bonchev–Trinajstić information content (AvgIpc) is 3.53. The van der Waals surface area contributed by atoms with Crippen LogP contribution in [0.2, 0.25) is 15.1 Å². The number of hydrogen-bond acceptors (Lipinski definition) is 6. The molecule has 3 N–H and O–H groups in total. The summed E-state index contributed by atoms with van der Waals surface area (Å²) in [7, 11) is 0. The highest BCUT2D eigenvalue weighted by Gasteiger charge is 2.21. The Morgan fingerprint density at radius 1 is 0.917 bits per heavy atom. The molecule has 0 bridgehead atoms. The van der Waals surface area contributed by atoms with Crippen LogP contribution in [0.3, 0.4) is 0 Å². The van der Waals surface area contributed by atoms with Crippen molar-refractivity contribution < 1.29 is 18.8 Å². The van der Waals surface area contributed by atoms with E-state index in [1.165, 1.54) is 47.4 Å². The van der Waals surface area contributed by atoms with Gasteiger partial charge in [-0.2, -0.15) is 0 Å². The van der Waals surface area contributed by atoms with Crippen molar-refractivity contribution in [2.75, 3.05) is 10.6 Å². The van der Waals surface area contributed by atoms with Gasteiger partial charge in [-0.15, -0.1) is 23.1 Å². The maximum absolute atomic E-state index is 14.7. The van der Waals surface area contributed by atoms with Gasteiger partial charge in [-0.25, -0.2) is 9.37 Å². The molecule has 4 aromatic carbocycles. The summed E-state index contributed by atoms with van der Waals surface area (Å²) in [5.41, 5.74) is 1.74. The molecule has 7 nitrogen and oxygen atoms in total. The van der Waals surface area contributed by atoms with Gasteiger partial charge in [0.15, 0.2) is 5.13 Å². The number of nitrogens with one attached hydrogen (secondary N) is 3. The molecule has 1 heterocycles. The van der Waals surface area contributed by atoms with E-state index in [9.17, 15) is 18.8 Å². The zero-order chi connectivity index (χ0) is 34.2. The Morgan fingerprint density at radius 2 is 1.69 bits per heavy atom. The van der Waals surface area contributed by atoms with Gasteiger partial charge < -0.3 is 16.0 Å². The maximum atomic E-state index is 14.7. The highest BCUT2D eigenvalue weighted by atomic mass is 35.5. The lowest BCUT2D eigenvalue weighted by Gasteiger charge is -2.15. The maximum Gasteiger partial charge on any atom is 0.272 e. The van der Waals surface area contributed by atoms with Crippen LogP contribution in [-0.2, 0) is 9.59 Å². The van der Waals surface area contributed by atoms with Crippen LogP contribution >= 0.6 is 57.9 Å². The van der Waals surface area contributed by atoms with Crippen molar-refractivity contribution in [3.63, 3.8) is 0 Å². The molecular formula is C35H26Cl3FN4O3S2. The molecule has 5 aromatic rings. The summed E-state index contributed by atoms with van der Waals surface area (Å²) in [5.74, 6) is -2.16. The van der Waals surface area contributed by atoms with Gasteiger partial charge in [-0.1, -0.05) is 72.1 Å². The summed E-state index contributed by atoms with van der Waals surface area (Å²) in [6.45, 7) is 1.89. The largest absolute Gasteiger partial charge is 0.321 e. The topological polar surface area (TPSA) is 100 Å². The highest BCUT2D eigenvalue weighted by molar-refractivity contribution is 8.00. The van der Waals surface area contributed by atoms with E-state index >= 15 is 0 Å². The van der Waals surface area contributed by atoms with Gasteiger partial charge in [0.1, 0.15) is 11.5 Å². The molecular weight excluding hydrogens is 714 g/mol. The Balaban J connectivity index is 1.30. The van der Waals surface area contributed by atoms with Crippen molar-refractivity contribution in [3.05, 3.63) is 134 Å². The van der Waals surface area contributed by atoms with Crippen LogP contribution in [0.15, 0.2) is 107 Å². The predicted octanol–water partition coefficient (Wildman–Crippen LogP) is 9.83. The lowest BCUT2D eigenvalue weighted by atomic mass is 10.1. The number of aromatic nitrogens is 1. The zero-order valence-corrected chi connectivity index (χ0v) is 29.0. The quantitative estimate of drug-likeness (QED) is 0.0926. The lowest BCUT2D eigenvalue weighted by molar-refractivity contribution is -0.116. The van der Waals surface area contributed by atoms with Gasteiger partial charge in [0.2, 0.25) is 5.91 Å². The summed E-state index contributed by atoms with van der Waals surface area (Å²) < 4.78 is 14.7. The number of thioether (sulfide) groups is 1. The van der Waals surface area contributed by atoms with Gasteiger partial charge in [0.25, 0.3) is 11.8 Å². The second-order valence-electron chi connectivity index (χ2n) is 10.2. The Hall–Kier alpha value is -4.19. The van der Waals surface area contributed by atoms with E-state index in [2.05, 4.69) is 20.9 Å². The minimum absolute atomic E-state index is 0.0533. The summed E-state index contributed by atoms with van der Waals surface area (Å²) >= 11 is 21.1. The van der Waals surface area contributed by atoms with Crippen LogP contribution in [0, 0.1) is 5.82 Å². The number of carbonyl (C=O) groups excluding carboxylic acids is 3. The standard InChI is InChI=1S/C35H26Cl3FN4O3S2/c1-2-31(34(46)43-35-42-30(19-47-35)24-15-14-21(36)16-27(24)38)48-23-11-6-10-22(17-23)40-33(45)29(18-25-26(37)12-7-13-28(25)39)41-32(44)20-8-4-3-5-9-20/h3-19,31H,2H2,1H3,(H,40,45)(H,41,44)(H,42,43,46)/b29-18+. The Labute approximate surface area is 299 Å². The van der Waals surface area contributed by atoms with E-state index in [4.69, 9.17) is 34.8 Å². The molecule has 0 fully saturated rings. The first-order chi connectivity index (χ1) is 23.1. The first-order valence-corrected chi connectivity index (χ1v) is 17.3. The third-order valence-corrected chi connectivity index (χ3v) is 9.79. The van der Waals surface area contributed by atoms with Gasteiger partial charge >= 0.3 is 0 Å². The van der Waals surface area contributed by atoms with Gasteiger partial charge in [0.05, 0.1) is 21.0 Å². The minimum atomic E-state index is -0.703. The molecule has 0 spiro atoms. The van der Waals surface area contributed by atoms with E-state index in [1.54, 1.807) is 72.1 Å². The molecule has 1 aromatic heterocycles. The monoisotopic (exact) mass is 738 g/mol. The van der Waals surface area contributed by atoms with Gasteiger partial charge in [0, 0.05) is 37.7 Å². The van der Waals surface area contributed by atoms with Crippen LogP contribution in [0.4, 0.5) is 15.2 Å². The molecule has 3 amide bonds. The molecule has 0 aliphatic carbocycles. The average molecular weight is 740 g/mol. The molecule has 5 rings (SSSR count). The molecule has 0 aliphatic heterocycles. The number of nitrogens with zero attached hydrogens (tertiary/aromatic N) is 1. The first-order valence-electron chi connectivity index (χ1n) is 14.4. The van der Waals surface area contributed by atoms with Crippen LogP contribution in [0.5, 0.6) is 0 Å². The van der Waals surface area contributed by atoms with Crippen molar-refractivity contribution in [2.45, 2.75) is 23.5 Å². The van der Waals surface area contributed by atoms with Gasteiger partial charge in [-0.3, -0.25) is 14.4 Å². The van der Waals surface area contributed by atoms with Crippen molar-refractivity contribution in [2.24, 2.45) is 0 Å². The number of rotatable bonds is 11. The number of carbonyl (C=O) groups is 3. The number of hydrogen-bond donors (Lipinski definition) is 3. The summed E-state index contributed by atoms with van der Waals surface area (Å²) in [6.07, 6.45) is 1.70. The van der Waals surface area contributed by atoms with Crippen molar-refractivity contribution in [3.8, 4) is 11.3 Å². The fourth-order valence-corrected chi connectivity index (χ4v) is 6.86. The Kier molecular flexibility index (Phi) is 11.9. The van der Waals surface area contributed by atoms with E-state index < -0.39 is 22.9 Å². The minimum Gasteiger partial charge on any atom is -0.321 e. The van der Waals surface area contributed by atoms with Crippen LogP contribution in [-0.4, -0.2) is 28.0 Å². The van der Waals surface area contributed by atoms with E-state index in [-0.39, 0.29) is 22.2 Å². The number of anilines is 2. The number of benzene rings is 4. The summed E-state index contributed by atoms with van der Waals surface area (Å²) in [5, 5.41) is 11.0. The van der Waals surface area contributed by atoms with Crippen LogP contribution in [0.25, 0.3) is 17.3 Å². The molecule has 1 atom stereocenters. The first kappa shape index (κ1) is 35.1. The third kappa shape index (κ3) is 9.03. The lowest BCUT2D eigenvalue weighted by Crippen LogP contribution is -2.30. The van der Waals surface area contributed by atoms with Crippen LogP contribution < -0.4 is 16.0 Å². The smallest absolute Gasteiger partial charge is 0.272 e. The summed E-state index contributed by atoms with van der Waals surface area (Å²) in [4.78, 5) is 44.9. The fraction of sp³-hybridized carbons (Fsp3) is 0.0857. The molecule has 0 radical (unpaired) electrons. The van der Waals surface area contributed by atoms with Crippen LogP contribution in [0.1, 0.15) is 29.3 Å². The SMILES string of the molecule is CCC(Sc1cccc(NC(=O)/C(=C\c2c(F)cccc2Cl)NC(=O)c2ccccc2)c1)C(=O)Nc1nc(-c2ccc(Cl)cc2Cl)cs1. The molecule has 48 heavy (non-hydrogen) atoms. The van der Waals surface area contributed by atoms with Crippen molar-refractivity contribution in [1.82, 2.24) is 10.3 Å². The molecule has 1 unspecified atom stereocenters. The van der Waals surface area contributed by atoms with E-state index in [0.717, 1.165) is 0 Å². The second kappa shape index (κ2) is 16.3. The van der Waals surface area contributed by atoms with Gasteiger partial charge in [-0.05, 0) is 73.2 Å². The number of halogens is 4. The molecule has 244 valence electrons. The van der Waals surface area contributed by atoms with E-state index in [0.29, 0.717) is 49.0 Å². The normalized spacial score (nSPS) is 11.9.